The minimum Gasteiger partial charge on any atom is -0.493 e. The first kappa shape index (κ1) is 21.4. The van der Waals surface area contributed by atoms with Gasteiger partial charge in [-0.05, 0) is 56.9 Å². The molecule has 0 aromatic heterocycles. The van der Waals surface area contributed by atoms with E-state index in [9.17, 15) is 0 Å². The summed E-state index contributed by atoms with van der Waals surface area (Å²) in [6.07, 6.45) is 6.17. The molecule has 166 valence electrons. The van der Waals surface area contributed by atoms with Crippen LogP contribution in [0.1, 0.15) is 44.6 Å². The Bertz CT molecular complexity index is 678. The molecule has 0 bridgehead atoms. The van der Waals surface area contributed by atoms with Crippen molar-refractivity contribution in [1.29, 1.82) is 0 Å². The first-order valence-electron chi connectivity index (χ1n) is 11.9. The number of hydrogen-bond acceptors (Lipinski definition) is 4. The van der Waals surface area contributed by atoms with Crippen LogP contribution in [-0.2, 0) is 11.3 Å². The Hall–Kier alpha value is -1.79. The average Bonchev–Trinajstić information content (AvgIpc) is 3.46. The summed E-state index contributed by atoms with van der Waals surface area (Å²) >= 11 is 0. The Morgan fingerprint density at radius 3 is 2.70 bits per heavy atom. The van der Waals surface area contributed by atoms with E-state index in [1.807, 2.05) is 6.07 Å². The van der Waals surface area contributed by atoms with E-state index in [1.54, 1.807) is 0 Å². The lowest BCUT2D eigenvalue weighted by Crippen LogP contribution is -2.49. The second-order valence-corrected chi connectivity index (χ2v) is 9.01. The fourth-order valence-corrected chi connectivity index (χ4v) is 4.30. The first-order chi connectivity index (χ1) is 14.8. The molecular formula is C24H38N4O2. The van der Waals surface area contributed by atoms with E-state index in [0.29, 0.717) is 12.6 Å². The summed E-state index contributed by atoms with van der Waals surface area (Å²) in [7, 11) is 0. The van der Waals surface area contributed by atoms with Crippen LogP contribution in [-0.4, -0.2) is 62.9 Å². The van der Waals surface area contributed by atoms with Crippen LogP contribution in [0.5, 0.6) is 5.75 Å². The molecule has 1 aliphatic carbocycles. The van der Waals surface area contributed by atoms with E-state index in [0.717, 1.165) is 68.6 Å². The number of nitrogens with one attached hydrogen (secondary N) is 2. The number of aliphatic imine (C=N–C) groups is 1. The molecule has 2 N–H and O–H groups in total. The van der Waals surface area contributed by atoms with Gasteiger partial charge in [-0.3, -0.25) is 0 Å². The second kappa shape index (κ2) is 11.0. The predicted molar refractivity (Wildman–Crippen MR) is 121 cm³/mol. The fraction of sp³-hybridized carbons (Fsp3) is 0.708. The third-order valence-electron chi connectivity index (χ3n) is 6.36. The lowest BCUT2D eigenvalue weighted by Gasteiger charge is -2.34. The number of likely N-dealkylation sites (tertiary alicyclic amines) is 1. The third kappa shape index (κ3) is 6.61. The van der Waals surface area contributed by atoms with Gasteiger partial charge in [0.2, 0.25) is 0 Å². The van der Waals surface area contributed by atoms with Crippen LogP contribution in [0, 0.1) is 11.8 Å². The van der Waals surface area contributed by atoms with Crippen LogP contribution in [0.4, 0.5) is 0 Å². The highest BCUT2D eigenvalue weighted by atomic mass is 16.5. The summed E-state index contributed by atoms with van der Waals surface area (Å²) in [6, 6.07) is 8.80. The highest BCUT2D eigenvalue weighted by Crippen LogP contribution is 2.30. The molecule has 1 aromatic rings. The number of piperidine rings is 1. The fourth-order valence-electron chi connectivity index (χ4n) is 4.30. The zero-order chi connectivity index (χ0) is 20.6. The molecule has 4 rings (SSSR count). The lowest BCUT2D eigenvalue weighted by atomic mass is 10.0. The molecular weight excluding hydrogens is 376 g/mol. The molecule has 1 aromatic carbocycles. The maximum Gasteiger partial charge on any atom is 0.191 e. The summed E-state index contributed by atoms with van der Waals surface area (Å²) in [6.45, 7) is 9.86. The monoisotopic (exact) mass is 414 g/mol. The summed E-state index contributed by atoms with van der Waals surface area (Å²) in [5.41, 5.74) is 1.16. The highest BCUT2D eigenvalue weighted by molar-refractivity contribution is 5.80. The van der Waals surface area contributed by atoms with Crippen molar-refractivity contribution in [2.45, 2.75) is 51.6 Å². The Morgan fingerprint density at radius 2 is 1.97 bits per heavy atom. The molecule has 6 heteroatoms. The molecule has 2 saturated heterocycles. The number of nitrogens with zero attached hydrogens (tertiary/aromatic N) is 2. The number of hydrogen-bond donors (Lipinski definition) is 2. The van der Waals surface area contributed by atoms with Crippen molar-refractivity contribution in [3.63, 3.8) is 0 Å². The predicted octanol–water partition coefficient (Wildman–Crippen LogP) is 3.03. The Morgan fingerprint density at radius 1 is 1.13 bits per heavy atom. The van der Waals surface area contributed by atoms with E-state index in [1.165, 1.54) is 38.6 Å². The Labute approximate surface area is 181 Å². The number of guanidine groups is 1. The van der Waals surface area contributed by atoms with Gasteiger partial charge in [-0.25, -0.2) is 4.99 Å². The summed E-state index contributed by atoms with van der Waals surface area (Å²) in [5, 5.41) is 7.09. The third-order valence-corrected chi connectivity index (χ3v) is 6.36. The van der Waals surface area contributed by atoms with Gasteiger partial charge in [0.1, 0.15) is 5.75 Å². The molecule has 1 saturated carbocycles. The van der Waals surface area contributed by atoms with Crippen molar-refractivity contribution < 1.29 is 9.47 Å². The van der Waals surface area contributed by atoms with Crippen molar-refractivity contribution in [2.24, 2.45) is 16.8 Å². The SMILES string of the molecule is CCNC(=NCc1ccccc1OCC1CC1)NC1CCN(CC2CCOC2)CC1. The van der Waals surface area contributed by atoms with Crippen LogP contribution in [0.3, 0.4) is 0 Å². The summed E-state index contributed by atoms with van der Waals surface area (Å²) in [5.74, 6) is 3.38. The number of para-hydroxylation sites is 1. The molecule has 6 nitrogen and oxygen atoms in total. The van der Waals surface area contributed by atoms with Gasteiger partial charge in [0.05, 0.1) is 19.8 Å². The van der Waals surface area contributed by atoms with Gasteiger partial charge in [0.15, 0.2) is 5.96 Å². The van der Waals surface area contributed by atoms with E-state index in [-0.39, 0.29) is 0 Å². The normalized spacial score (nSPS) is 23.5. The maximum atomic E-state index is 6.05. The van der Waals surface area contributed by atoms with Crippen LogP contribution in [0.25, 0.3) is 0 Å². The van der Waals surface area contributed by atoms with Crippen molar-refractivity contribution >= 4 is 5.96 Å². The molecule has 0 spiro atoms. The molecule has 2 aliphatic heterocycles. The molecule has 3 fully saturated rings. The summed E-state index contributed by atoms with van der Waals surface area (Å²) in [4.78, 5) is 7.47. The van der Waals surface area contributed by atoms with Crippen molar-refractivity contribution in [3.8, 4) is 5.75 Å². The van der Waals surface area contributed by atoms with Gasteiger partial charge >= 0.3 is 0 Å². The van der Waals surface area contributed by atoms with Gasteiger partial charge in [0, 0.05) is 44.4 Å². The van der Waals surface area contributed by atoms with Gasteiger partial charge in [-0.2, -0.15) is 0 Å². The standard InChI is InChI=1S/C24H38N4O2/c1-2-25-24(26-15-21-5-3-4-6-23(21)30-18-19-7-8-19)27-22-9-12-28(13-10-22)16-20-11-14-29-17-20/h3-6,19-20,22H,2,7-18H2,1H3,(H2,25,26,27). The Balaban J connectivity index is 1.27. The zero-order valence-corrected chi connectivity index (χ0v) is 18.4. The van der Waals surface area contributed by atoms with Crippen LogP contribution >= 0.6 is 0 Å². The average molecular weight is 415 g/mol. The van der Waals surface area contributed by atoms with Crippen LogP contribution in [0.15, 0.2) is 29.3 Å². The number of benzene rings is 1. The molecule has 1 atom stereocenters. The molecule has 0 amide bonds. The van der Waals surface area contributed by atoms with E-state index < -0.39 is 0 Å². The van der Waals surface area contributed by atoms with Gasteiger partial charge in [0.25, 0.3) is 0 Å². The van der Waals surface area contributed by atoms with E-state index in [2.05, 4.69) is 40.7 Å². The topological polar surface area (TPSA) is 58.1 Å². The second-order valence-electron chi connectivity index (χ2n) is 9.01. The minimum atomic E-state index is 0.486. The van der Waals surface area contributed by atoms with Gasteiger partial charge in [-0.1, -0.05) is 18.2 Å². The van der Waals surface area contributed by atoms with E-state index >= 15 is 0 Å². The lowest BCUT2D eigenvalue weighted by molar-refractivity contribution is 0.150. The first-order valence-corrected chi connectivity index (χ1v) is 11.9. The largest absolute Gasteiger partial charge is 0.493 e. The smallest absolute Gasteiger partial charge is 0.191 e. The molecule has 2 heterocycles. The van der Waals surface area contributed by atoms with Gasteiger partial charge < -0.3 is 25.0 Å². The van der Waals surface area contributed by atoms with Crippen molar-refractivity contribution in [2.75, 3.05) is 46.0 Å². The Kier molecular flexibility index (Phi) is 7.87. The highest BCUT2D eigenvalue weighted by Gasteiger charge is 2.24. The zero-order valence-electron chi connectivity index (χ0n) is 18.4. The van der Waals surface area contributed by atoms with Crippen LogP contribution < -0.4 is 15.4 Å². The molecule has 30 heavy (non-hydrogen) atoms. The number of rotatable bonds is 9. The molecule has 0 radical (unpaired) electrons. The quantitative estimate of drug-likeness (QED) is 0.481. The minimum absolute atomic E-state index is 0.486. The number of ether oxygens (including phenoxy) is 2. The molecule has 1 unspecified atom stereocenters. The maximum absolute atomic E-state index is 6.05. The van der Waals surface area contributed by atoms with E-state index in [4.69, 9.17) is 14.5 Å². The van der Waals surface area contributed by atoms with Crippen LogP contribution in [0.2, 0.25) is 0 Å². The van der Waals surface area contributed by atoms with Gasteiger partial charge in [-0.15, -0.1) is 0 Å². The summed E-state index contributed by atoms with van der Waals surface area (Å²) < 4.78 is 11.6. The van der Waals surface area contributed by atoms with Crippen molar-refractivity contribution in [1.82, 2.24) is 15.5 Å². The van der Waals surface area contributed by atoms with Crippen molar-refractivity contribution in [3.05, 3.63) is 29.8 Å². The molecule has 3 aliphatic rings.